The van der Waals surface area contributed by atoms with Crippen LogP contribution in [0.5, 0.6) is 0 Å². The molecule has 0 spiro atoms. The van der Waals surface area contributed by atoms with Crippen LogP contribution in [0.15, 0.2) is 60.7 Å². The predicted molar refractivity (Wildman–Crippen MR) is 104 cm³/mol. The molecule has 0 fully saturated rings. The van der Waals surface area contributed by atoms with Gasteiger partial charge in [0.1, 0.15) is 0 Å². The average molecular weight is 325 g/mol. The zero-order chi connectivity index (χ0) is 17.6. The van der Waals surface area contributed by atoms with Crippen molar-refractivity contribution in [3.05, 3.63) is 71.8 Å². The summed E-state index contributed by atoms with van der Waals surface area (Å²) >= 11 is 0. The first-order chi connectivity index (χ1) is 11.4. The van der Waals surface area contributed by atoms with Gasteiger partial charge in [0.2, 0.25) is 0 Å². The van der Waals surface area contributed by atoms with Crippen molar-refractivity contribution in [2.24, 2.45) is 11.1 Å². The fourth-order valence-electron chi connectivity index (χ4n) is 3.57. The van der Waals surface area contributed by atoms with E-state index in [0.29, 0.717) is 6.04 Å². The van der Waals surface area contributed by atoms with Gasteiger partial charge in [-0.05, 0) is 23.0 Å². The largest absolute Gasteiger partial charge is 0.326 e. The highest BCUT2D eigenvalue weighted by Gasteiger charge is 2.34. The monoisotopic (exact) mass is 324 g/mol. The van der Waals surface area contributed by atoms with Gasteiger partial charge < -0.3 is 5.73 Å². The fourth-order valence-corrected chi connectivity index (χ4v) is 3.57. The minimum Gasteiger partial charge on any atom is -0.326 e. The highest BCUT2D eigenvalue weighted by Crippen LogP contribution is 2.30. The van der Waals surface area contributed by atoms with E-state index in [2.05, 4.69) is 93.3 Å². The molecule has 2 atom stereocenters. The van der Waals surface area contributed by atoms with E-state index in [1.165, 1.54) is 11.1 Å². The molecule has 2 aromatic carbocycles. The van der Waals surface area contributed by atoms with Crippen LogP contribution >= 0.6 is 0 Å². The zero-order valence-electron chi connectivity index (χ0n) is 15.6. The number of hydrogen-bond acceptors (Lipinski definition) is 2. The lowest BCUT2D eigenvalue weighted by atomic mass is 9.80. The van der Waals surface area contributed by atoms with Crippen LogP contribution in [0, 0.1) is 5.41 Å². The van der Waals surface area contributed by atoms with E-state index in [0.717, 1.165) is 19.5 Å². The molecule has 0 aliphatic carbocycles. The number of rotatable bonds is 7. The number of hydrogen-bond donors (Lipinski definition) is 1. The van der Waals surface area contributed by atoms with Crippen LogP contribution in [0.4, 0.5) is 0 Å². The maximum absolute atomic E-state index is 6.57. The van der Waals surface area contributed by atoms with E-state index >= 15 is 0 Å². The second-order valence-electron chi connectivity index (χ2n) is 7.76. The predicted octanol–water partition coefficient (Wildman–Crippen LogP) is 4.84. The lowest BCUT2D eigenvalue weighted by Gasteiger charge is -2.43. The third-order valence-electron chi connectivity index (χ3n) is 4.61. The summed E-state index contributed by atoms with van der Waals surface area (Å²) in [6.07, 6.45) is 0.988. The molecule has 2 heteroatoms. The molecule has 2 aromatic rings. The van der Waals surface area contributed by atoms with Crippen LogP contribution in [-0.2, 0) is 13.1 Å². The summed E-state index contributed by atoms with van der Waals surface area (Å²) in [5.74, 6) is 0. The van der Waals surface area contributed by atoms with Gasteiger partial charge in [-0.15, -0.1) is 0 Å². The number of nitrogens with two attached hydrogens (primary N) is 1. The number of benzene rings is 2. The Bertz CT molecular complexity index is 545. The lowest BCUT2D eigenvalue weighted by Crippen LogP contribution is -2.53. The van der Waals surface area contributed by atoms with Gasteiger partial charge in [-0.25, -0.2) is 0 Å². The molecule has 0 saturated carbocycles. The molecule has 0 aliphatic heterocycles. The van der Waals surface area contributed by atoms with Gasteiger partial charge in [-0.3, -0.25) is 4.90 Å². The van der Waals surface area contributed by atoms with E-state index < -0.39 is 0 Å². The number of nitrogens with zero attached hydrogens (tertiary/aromatic N) is 1. The van der Waals surface area contributed by atoms with Crippen molar-refractivity contribution in [1.82, 2.24) is 4.90 Å². The van der Waals surface area contributed by atoms with Crippen molar-refractivity contribution < 1.29 is 0 Å². The molecule has 0 heterocycles. The lowest BCUT2D eigenvalue weighted by molar-refractivity contribution is 0.0626. The van der Waals surface area contributed by atoms with E-state index in [-0.39, 0.29) is 11.5 Å². The molecule has 0 radical (unpaired) electrons. The molecule has 130 valence electrons. The zero-order valence-corrected chi connectivity index (χ0v) is 15.6. The molecule has 0 saturated heterocycles. The van der Waals surface area contributed by atoms with Crippen molar-refractivity contribution in [2.45, 2.75) is 59.3 Å². The van der Waals surface area contributed by atoms with Crippen LogP contribution in [0.25, 0.3) is 0 Å². The van der Waals surface area contributed by atoms with E-state index in [1.807, 2.05) is 0 Å². The first kappa shape index (κ1) is 18.7. The summed E-state index contributed by atoms with van der Waals surface area (Å²) in [7, 11) is 0. The Labute approximate surface area is 147 Å². The second-order valence-corrected chi connectivity index (χ2v) is 7.76. The van der Waals surface area contributed by atoms with Gasteiger partial charge in [0.25, 0.3) is 0 Å². The summed E-state index contributed by atoms with van der Waals surface area (Å²) in [6, 6.07) is 21.9. The molecule has 2 unspecified atom stereocenters. The molecule has 24 heavy (non-hydrogen) atoms. The van der Waals surface area contributed by atoms with Gasteiger partial charge in [-0.1, -0.05) is 88.4 Å². The van der Waals surface area contributed by atoms with Crippen LogP contribution in [0.1, 0.15) is 45.2 Å². The molecule has 0 bridgehead atoms. The summed E-state index contributed by atoms with van der Waals surface area (Å²) < 4.78 is 0. The normalized spacial score (nSPS) is 14.6. The molecule has 0 aliphatic rings. The first-order valence-electron chi connectivity index (χ1n) is 8.99. The Morgan fingerprint density at radius 1 is 0.833 bits per heavy atom. The Hall–Kier alpha value is -1.64. The topological polar surface area (TPSA) is 29.3 Å². The summed E-state index contributed by atoms with van der Waals surface area (Å²) in [4.78, 5) is 2.55. The van der Waals surface area contributed by atoms with Gasteiger partial charge in [0, 0.05) is 25.2 Å². The Kier molecular flexibility index (Phi) is 6.59. The van der Waals surface area contributed by atoms with Crippen LogP contribution in [0.2, 0.25) is 0 Å². The van der Waals surface area contributed by atoms with Gasteiger partial charge in [-0.2, -0.15) is 0 Å². The Morgan fingerprint density at radius 3 is 1.58 bits per heavy atom. The molecule has 2 rings (SSSR count). The molecular weight excluding hydrogens is 292 g/mol. The highest BCUT2D eigenvalue weighted by molar-refractivity contribution is 5.18. The van der Waals surface area contributed by atoms with Crippen LogP contribution in [-0.4, -0.2) is 17.0 Å². The smallest absolute Gasteiger partial charge is 0.0302 e. The Morgan fingerprint density at radius 2 is 1.25 bits per heavy atom. The molecule has 0 aromatic heterocycles. The molecule has 0 amide bonds. The third-order valence-corrected chi connectivity index (χ3v) is 4.61. The standard InChI is InChI=1S/C22H32N2/c1-5-20(23)21(22(2,3)4)24(16-18-12-8-6-9-13-18)17-19-14-10-7-11-15-19/h6-15,20-21H,5,16-17,23H2,1-4H3. The van der Waals surface area contributed by atoms with E-state index in [9.17, 15) is 0 Å². The first-order valence-corrected chi connectivity index (χ1v) is 8.99. The minimum absolute atomic E-state index is 0.124. The fraction of sp³-hybridized carbons (Fsp3) is 0.455. The summed E-state index contributed by atoms with van der Waals surface area (Å²) in [6.45, 7) is 10.9. The highest BCUT2D eigenvalue weighted by atomic mass is 15.2. The Balaban J connectivity index is 2.32. The van der Waals surface area contributed by atoms with E-state index in [4.69, 9.17) is 5.73 Å². The van der Waals surface area contributed by atoms with Crippen LogP contribution < -0.4 is 5.73 Å². The second kappa shape index (κ2) is 8.46. The minimum atomic E-state index is 0.124. The van der Waals surface area contributed by atoms with Gasteiger partial charge >= 0.3 is 0 Å². The average Bonchev–Trinajstić information content (AvgIpc) is 2.55. The molecule has 2 nitrogen and oxygen atoms in total. The maximum atomic E-state index is 6.57. The molecule has 2 N–H and O–H groups in total. The summed E-state index contributed by atoms with van der Waals surface area (Å²) in [5, 5.41) is 0. The third kappa shape index (κ3) is 5.19. The van der Waals surface area contributed by atoms with Gasteiger partial charge in [0.15, 0.2) is 0 Å². The SMILES string of the molecule is CCC(N)C(N(Cc1ccccc1)Cc1ccccc1)C(C)(C)C. The van der Waals surface area contributed by atoms with Crippen molar-refractivity contribution in [2.75, 3.05) is 0 Å². The van der Waals surface area contributed by atoms with Crippen molar-refractivity contribution >= 4 is 0 Å². The maximum Gasteiger partial charge on any atom is 0.0302 e. The summed E-state index contributed by atoms with van der Waals surface area (Å²) in [5.41, 5.74) is 9.37. The quantitative estimate of drug-likeness (QED) is 0.789. The van der Waals surface area contributed by atoms with Gasteiger partial charge in [0.05, 0.1) is 0 Å². The molecular formula is C22H32N2. The van der Waals surface area contributed by atoms with Crippen molar-refractivity contribution in [1.29, 1.82) is 0 Å². The van der Waals surface area contributed by atoms with E-state index in [1.54, 1.807) is 0 Å². The van der Waals surface area contributed by atoms with Crippen molar-refractivity contribution in [3.8, 4) is 0 Å². The van der Waals surface area contributed by atoms with Crippen LogP contribution in [0.3, 0.4) is 0 Å². The van der Waals surface area contributed by atoms with Crippen molar-refractivity contribution in [3.63, 3.8) is 0 Å².